The SMILES string of the molecule is COc1cnc2c(ccn2C)c1C(=O)[C@@H]1CN(C(=O)OC(C)(C)C)CC[C@@H]1C. The van der Waals surface area contributed by atoms with E-state index in [0.717, 1.165) is 17.5 Å². The molecule has 1 aliphatic rings. The Morgan fingerprint density at radius 1 is 1.29 bits per heavy atom. The second-order valence-corrected chi connectivity index (χ2v) is 8.53. The number of carbonyl (C=O) groups is 2. The molecule has 0 aliphatic carbocycles. The van der Waals surface area contributed by atoms with E-state index < -0.39 is 5.60 Å². The van der Waals surface area contributed by atoms with Crippen LogP contribution in [-0.4, -0.2) is 52.1 Å². The molecule has 1 amide bonds. The summed E-state index contributed by atoms with van der Waals surface area (Å²) in [5.74, 6) is 0.283. The highest BCUT2D eigenvalue weighted by Crippen LogP contribution is 2.34. The number of Topliss-reactive ketones (excluding diaryl/α,β-unsaturated/α-hetero) is 1. The molecular weight excluding hydrogens is 358 g/mol. The van der Waals surface area contributed by atoms with Crippen molar-refractivity contribution in [3.8, 4) is 5.75 Å². The third-order valence-electron chi connectivity index (χ3n) is 5.27. The first-order chi connectivity index (χ1) is 13.1. The predicted octanol–water partition coefficient (Wildman–Crippen LogP) is 3.66. The van der Waals surface area contributed by atoms with Crippen molar-refractivity contribution in [1.82, 2.24) is 14.5 Å². The van der Waals surface area contributed by atoms with Crippen LogP contribution in [0.4, 0.5) is 4.79 Å². The number of methoxy groups -OCH3 is 1. The Bertz CT molecular complexity index is 897. The molecule has 2 atom stereocenters. The van der Waals surface area contributed by atoms with Gasteiger partial charge in [-0.15, -0.1) is 0 Å². The zero-order valence-electron chi connectivity index (χ0n) is 17.5. The van der Waals surface area contributed by atoms with Gasteiger partial charge in [0.1, 0.15) is 17.0 Å². The lowest BCUT2D eigenvalue weighted by Crippen LogP contribution is -2.47. The number of ether oxygens (including phenoxy) is 2. The van der Waals surface area contributed by atoms with Crippen molar-refractivity contribution < 1.29 is 19.1 Å². The molecule has 1 aliphatic heterocycles. The molecule has 28 heavy (non-hydrogen) atoms. The fraction of sp³-hybridized carbons (Fsp3) is 0.571. The lowest BCUT2D eigenvalue weighted by molar-refractivity contribution is 0.0124. The number of rotatable bonds is 3. The van der Waals surface area contributed by atoms with Crippen LogP contribution >= 0.6 is 0 Å². The molecule has 3 heterocycles. The summed E-state index contributed by atoms with van der Waals surface area (Å²) >= 11 is 0. The standard InChI is InChI=1S/C21H29N3O4/c1-13-7-10-24(20(26)28-21(2,3)4)12-15(13)18(25)17-14-8-9-23(5)19(14)22-11-16(17)27-6/h8-9,11,13,15H,7,10,12H2,1-6H3/t13-,15+/m0/s1. The van der Waals surface area contributed by atoms with Crippen molar-refractivity contribution in [2.45, 2.75) is 39.7 Å². The van der Waals surface area contributed by atoms with Crippen LogP contribution in [0.25, 0.3) is 11.0 Å². The van der Waals surface area contributed by atoms with Gasteiger partial charge in [-0.3, -0.25) is 4.79 Å². The number of ketones is 1. The summed E-state index contributed by atoms with van der Waals surface area (Å²) in [6.45, 7) is 8.52. The summed E-state index contributed by atoms with van der Waals surface area (Å²) in [4.78, 5) is 32.1. The average molecular weight is 387 g/mol. The first-order valence-electron chi connectivity index (χ1n) is 9.62. The van der Waals surface area contributed by atoms with Gasteiger partial charge in [-0.1, -0.05) is 6.92 Å². The molecule has 0 aromatic carbocycles. The Morgan fingerprint density at radius 3 is 2.64 bits per heavy atom. The molecular formula is C21H29N3O4. The molecule has 0 radical (unpaired) electrons. The van der Waals surface area contributed by atoms with E-state index in [4.69, 9.17) is 9.47 Å². The highest BCUT2D eigenvalue weighted by atomic mass is 16.6. The van der Waals surface area contributed by atoms with Gasteiger partial charge >= 0.3 is 6.09 Å². The summed E-state index contributed by atoms with van der Waals surface area (Å²) in [7, 11) is 3.43. The Morgan fingerprint density at radius 2 is 2.00 bits per heavy atom. The Hall–Kier alpha value is -2.57. The summed E-state index contributed by atoms with van der Waals surface area (Å²) in [6.07, 6.45) is 3.85. The van der Waals surface area contributed by atoms with Crippen LogP contribution in [0.3, 0.4) is 0 Å². The van der Waals surface area contributed by atoms with Gasteiger partial charge in [0.15, 0.2) is 5.78 Å². The van der Waals surface area contributed by atoms with E-state index in [0.29, 0.717) is 24.4 Å². The van der Waals surface area contributed by atoms with Gasteiger partial charge in [-0.2, -0.15) is 0 Å². The topological polar surface area (TPSA) is 73.7 Å². The van der Waals surface area contributed by atoms with Gasteiger partial charge in [-0.05, 0) is 39.2 Å². The molecule has 2 aromatic rings. The van der Waals surface area contributed by atoms with Crippen LogP contribution in [0.5, 0.6) is 5.75 Å². The first kappa shape index (κ1) is 20.2. The summed E-state index contributed by atoms with van der Waals surface area (Å²) in [5.41, 5.74) is 0.706. The van der Waals surface area contributed by atoms with Crippen LogP contribution in [0.1, 0.15) is 44.5 Å². The molecule has 7 nitrogen and oxygen atoms in total. The fourth-order valence-corrected chi connectivity index (χ4v) is 3.69. The zero-order valence-corrected chi connectivity index (χ0v) is 17.5. The quantitative estimate of drug-likeness (QED) is 0.752. The second kappa shape index (κ2) is 7.45. The second-order valence-electron chi connectivity index (χ2n) is 8.53. The number of carbonyl (C=O) groups excluding carboxylic acids is 2. The van der Waals surface area contributed by atoms with E-state index in [2.05, 4.69) is 11.9 Å². The minimum Gasteiger partial charge on any atom is -0.494 e. The highest BCUT2D eigenvalue weighted by Gasteiger charge is 2.37. The van der Waals surface area contributed by atoms with E-state index in [9.17, 15) is 9.59 Å². The van der Waals surface area contributed by atoms with Gasteiger partial charge in [-0.25, -0.2) is 9.78 Å². The molecule has 0 N–H and O–H groups in total. The monoisotopic (exact) mass is 387 g/mol. The summed E-state index contributed by atoms with van der Waals surface area (Å²) < 4.78 is 12.8. The van der Waals surface area contributed by atoms with Gasteiger partial charge < -0.3 is 18.9 Å². The molecule has 7 heteroatoms. The van der Waals surface area contributed by atoms with Crippen LogP contribution in [0.2, 0.25) is 0 Å². The van der Waals surface area contributed by atoms with E-state index in [1.54, 1.807) is 18.2 Å². The summed E-state index contributed by atoms with van der Waals surface area (Å²) in [5, 5.41) is 0.772. The van der Waals surface area contributed by atoms with Crippen molar-refractivity contribution in [3.05, 3.63) is 24.0 Å². The molecule has 1 saturated heterocycles. The van der Waals surface area contributed by atoms with E-state index in [1.807, 2.05) is 44.6 Å². The van der Waals surface area contributed by atoms with Crippen molar-refractivity contribution >= 4 is 22.9 Å². The number of amides is 1. The van der Waals surface area contributed by atoms with E-state index in [-0.39, 0.29) is 23.7 Å². The lowest BCUT2D eigenvalue weighted by atomic mass is 9.81. The fourth-order valence-electron chi connectivity index (χ4n) is 3.69. The Balaban J connectivity index is 1.93. The number of nitrogens with zero attached hydrogens (tertiary/aromatic N) is 3. The highest BCUT2D eigenvalue weighted by molar-refractivity contribution is 6.10. The predicted molar refractivity (Wildman–Crippen MR) is 107 cm³/mol. The maximum Gasteiger partial charge on any atom is 0.410 e. The molecule has 3 rings (SSSR count). The van der Waals surface area contributed by atoms with Crippen LogP contribution in [0.15, 0.2) is 18.5 Å². The number of likely N-dealkylation sites (tertiary alicyclic amines) is 1. The minimum atomic E-state index is -0.565. The van der Waals surface area contributed by atoms with Gasteiger partial charge in [0.2, 0.25) is 0 Å². The molecule has 152 valence electrons. The smallest absolute Gasteiger partial charge is 0.410 e. The minimum absolute atomic E-state index is 0.0174. The molecule has 0 bridgehead atoms. The maximum atomic E-state index is 13.6. The average Bonchev–Trinajstić information content (AvgIpc) is 3.00. The normalized spacial score (nSPS) is 20.3. The van der Waals surface area contributed by atoms with Crippen molar-refractivity contribution in [2.24, 2.45) is 18.9 Å². The number of hydrogen-bond acceptors (Lipinski definition) is 5. The van der Waals surface area contributed by atoms with Gasteiger partial charge in [0, 0.05) is 37.6 Å². The number of hydrogen-bond donors (Lipinski definition) is 0. The first-order valence-corrected chi connectivity index (χ1v) is 9.62. The Kier molecular flexibility index (Phi) is 5.37. The zero-order chi connectivity index (χ0) is 20.6. The summed E-state index contributed by atoms with van der Waals surface area (Å²) in [6, 6.07) is 1.89. The van der Waals surface area contributed by atoms with E-state index >= 15 is 0 Å². The van der Waals surface area contributed by atoms with E-state index in [1.165, 1.54) is 0 Å². The van der Waals surface area contributed by atoms with Crippen LogP contribution in [0, 0.1) is 11.8 Å². The van der Waals surface area contributed by atoms with Crippen LogP contribution in [-0.2, 0) is 11.8 Å². The van der Waals surface area contributed by atoms with Crippen LogP contribution < -0.4 is 4.74 Å². The lowest BCUT2D eigenvalue weighted by Gasteiger charge is -2.37. The number of piperidine rings is 1. The third-order valence-corrected chi connectivity index (χ3v) is 5.27. The molecule has 1 fully saturated rings. The largest absolute Gasteiger partial charge is 0.494 e. The maximum absolute atomic E-state index is 13.6. The number of pyridine rings is 1. The van der Waals surface area contributed by atoms with Gasteiger partial charge in [0.05, 0.1) is 18.9 Å². The third kappa shape index (κ3) is 3.84. The van der Waals surface area contributed by atoms with Crippen molar-refractivity contribution in [3.63, 3.8) is 0 Å². The molecule has 0 saturated carbocycles. The molecule has 2 aromatic heterocycles. The number of aromatic nitrogens is 2. The number of fused-ring (bicyclic) bond motifs is 1. The van der Waals surface area contributed by atoms with Crippen molar-refractivity contribution in [2.75, 3.05) is 20.2 Å². The number of aryl methyl sites for hydroxylation is 1. The van der Waals surface area contributed by atoms with Gasteiger partial charge in [0.25, 0.3) is 0 Å². The molecule has 0 spiro atoms. The van der Waals surface area contributed by atoms with Crippen molar-refractivity contribution in [1.29, 1.82) is 0 Å². The molecule has 0 unspecified atom stereocenters. The Labute approximate surface area is 165 Å².